The number of carbonyl (C=O) groups excluding carboxylic acids is 3. The number of ketones is 1. The Kier molecular flexibility index (Phi) is 7.72. The molecular weight excluding hydrogens is 490 g/mol. The number of rotatable bonds is 5. The van der Waals surface area contributed by atoms with E-state index in [0.717, 1.165) is 0 Å². The summed E-state index contributed by atoms with van der Waals surface area (Å²) < 4.78 is 18.4. The number of aliphatic hydroxyl groups excluding tert-OH is 1. The molecule has 0 spiro atoms. The molecule has 3 aliphatic rings. The maximum atomic E-state index is 14.0. The third kappa shape index (κ3) is 4.68. The highest BCUT2D eigenvalue weighted by Gasteiger charge is 2.82. The first-order valence-corrected chi connectivity index (χ1v) is 13.6. The molecule has 2 aliphatic carbocycles. The van der Waals surface area contributed by atoms with Gasteiger partial charge in [0.05, 0.1) is 11.7 Å². The van der Waals surface area contributed by atoms with Gasteiger partial charge in [0.15, 0.2) is 17.5 Å². The molecule has 1 aliphatic heterocycles. The molecule has 0 unspecified atom stereocenters. The Bertz CT molecular complexity index is 988. The van der Waals surface area contributed by atoms with Gasteiger partial charge in [0, 0.05) is 31.2 Å². The number of hydrogen-bond donors (Lipinski definition) is 3. The van der Waals surface area contributed by atoms with Crippen molar-refractivity contribution in [3.05, 3.63) is 12.7 Å². The summed E-state index contributed by atoms with van der Waals surface area (Å²) >= 11 is 0. The topological polar surface area (TPSA) is 131 Å². The highest BCUT2D eigenvalue weighted by Crippen LogP contribution is 2.67. The maximum Gasteiger partial charge on any atom is 0.407 e. The number of fused-ring (bicyclic) bond motifs is 3. The minimum atomic E-state index is -2.26. The zero-order valence-electron chi connectivity index (χ0n) is 24.5. The quantitative estimate of drug-likeness (QED) is 0.357. The van der Waals surface area contributed by atoms with Crippen molar-refractivity contribution in [2.24, 2.45) is 22.2 Å². The predicted octanol–water partition coefficient (Wildman–Crippen LogP) is 3.69. The van der Waals surface area contributed by atoms with Crippen LogP contribution in [0.5, 0.6) is 0 Å². The smallest absolute Gasteiger partial charge is 0.407 e. The lowest BCUT2D eigenvalue weighted by Gasteiger charge is -2.71. The second-order valence-corrected chi connectivity index (χ2v) is 14.0. The average molecular weight is 538 g/mol. The molecule has 0 bridgehead atoms. The number of amides is 1. The SMILES string of the molecule is C=C[C@@]1(C)CC(=O)[C@]2(O)[C@@]3(C)[C@@H](O)CCC(C)(C)[C@@H]3[C@H](OC(=O)NCCC(C)(C)C)[C@H](OC(C)=O)[C@@]2(C)O1. The van der Waals surface area contributed by atoms with E-state index >= 15 is 0 Å². The fourth-order valence-electron chi connectivity index (χ4n) is 7.45. The fraction of sp³-hybridized carbons (Fsp3) is 0.828. The van der Waals surface area contributed by atoms with Crippen LogP contribution in [0.1, 0.15) is 88.0 Å². The van der Waals surface area contributed by atoms with Gasteiger partial charge in [0.2, 0.25) is 0 Å². The molecule has 216 valence electrons. The molecule has 3 rings (SSSR count). The number of carbonyl (C=O) groups is 3. The van der Waals surface area contributed by atoms with Gasteiger partial charge in [-0.25, -0.2) is 4.79 Å². The largest absolute Gasteiger partial charge is 0.455 e. The number of Topliss-reactive ketones (excluding diaryl/α,β-unsaturated/α-hetero) is 1. The highest BCUT2D eigenvalue weighted by atomic mass is 16.6. The van der Waals surface area contributed by atoms with E-state index in [2.05, 4.69) is 32.7 Å². The van der Waals surface area contributed by atoms with Crippen molar-refractivity contribution in [1.29, 1.82) is 0 Å². The third-order valence-corrected chi connectivity index (χ3v) is 9.38. The van der Waals surface area contributed by atoms with Crippen molar-refractivity contribution in [3.63, 3.8) is 0 Å². The first-order valence-electron chi connectivity index (χ1n) is 13.6. The fourth-order valence-corrected chi connectivity index (χ4v) is 7.45. The molecular formula is C29H47NO8. The van der Waals surface area contributed by atoms with Crippen LogP contribution in [-0.2, 0) is 23.8 Å². The van der Waals surface area contributed by atoms with Gasteiger partial charge in [-0.2, -0.15) is 0 Å². The first kappa shape index (κ1) is 30.6. The van der Waals surface area contributed by atoms with Crippen molar-refractivity contribution in [2.45, 2.75) is 123 Å². The van der Waals surface area contributed by atoms with Crippen molar-refractivity contribution in [2.75, 3.05) is 6.54 Å². The molecule has 8 atom stereocenters. The monoisotopic (exact) mass is 537 g/mol. The molecule has 0 aromatic heterocycles. The zero-order valence-corrected chi connectivity index (χ0v) is 24.5. The lowest BCUT2D eigenvalue weighted by atomic mass is 9.39. The summed E-state index contributed by atoms with van der Waals surface area (Å²) in [6.07, 6.45) is -1.42. The van der Waals surface area contributed by atoms with Gasteiger partial charge in [-0.1, -0.05) is 47.6 Å². The van der Waals surface area contributed by atoms with E-state index in [-0.39, 0.29) is 11.8 Å². The van der Waals surface area contributed by atoms with Gasteiger partial charge in [0.25, 0.3) is 0 Å². The summed E-state index contributed by atoms with van der Waals surface area (Å²) in [7, 11) is 0. The van der Waals surface area contributed by atoms with Gasteiger partial charge < -0.3 is 29.7 Å². The van der Waals surface area contributed by atoms with Crippen LogP contribution >= 0.6 is 0 Å². The second-order valence-electron chi connectivity index (χ2n) is 14.0. The zero-order chi connectivity index (χ0) is 29.1. The summed E-state index contributed by atoms with van der Waals surface area (Å²) in [4.78, 5) is 39.6. The highest BCUT2D eigenvalue weighted by molar-refractivity contribution is 5.92. The molecule has 3 fully saturated rings. The molecule has 1 saturated heterocycles. The Morgan fingerprint density at radius 3 is 2.32 bits per heavy atom. The number of alkyl carbamates (subject to hydrolysis) is 1. The lowest BCUT2D eigenvalue weighted by molar-refractivity contribution is -0.369. The molecule has 0 aromatic rings. The van der Waals surface area contributed by atoms with E-state index in [4.69, 9.17) is 14.2 Å². The first-order chi connectivity index (χ1) is 17.2. The number of nitrogens with one attached hydrogen (secondary N) is 1. The molecule has 9 nitrogen and oxygen atoms in total. The van der Waals surface area contributed by atoms with Crippen molar-refractivity contribution in [1.82, 2.24) is 5.32 Å². The summed E-state index contributed by atoms with van der Waals surface area (Å²) in [6, 6.07) is 0. The van der Waals surface area contributed by atoms with Gasteiger partial charge in [0.1, 0.15) is 11.7 Å². The standard InChI is InChI=1S/C29H47NO8/c1-11-26(8)16-19(33)29(35)27(9)18(32)12-13-25(6,7)21(27)20(22(36-17(2)31)28(29,10)38-26)37-23(34)30-15-14-24(3,4)5/h11,18,20-22,32,35H,1,12-16H2,2-10H3,(H,30,34)/t18-,20-,21-,22-,26-,27-,28+,29-/m0/s1. The summed E-state index contributed by atoms with van der Waals surface area (Å²) in [5, 5.41) is 26.9. The van der Waals surface area contributed by atoms with Gasteiger partial charge >= 0.3 is 12.1 Å². The van der Waals surface area contributed by atoms with Gasteiger partial charge in [-0.15, -0.1) is 6.58 Å². The van der Waals surface area contributed by atoms with Crippen LogP contribution < -0.4 is 5.32 Å². The number of esters is 1. The Morgan fingerprint density at radius 2 is 1.79 bits per heavy atom. The Morgan fingerprint density at radius 1 is 1.18 bits per heavy atom. The number of hydrogen-bond acceptors (Lipinski definition) is 8. The molecule has 1 amide bonds. The predicted molar refractivity (Wildman–Crippen MR) is 141 cm³/mol. The maximum absolute atomic E-state index is 14.0. The van der Waals surface area contributed by atoms with Crippen LogP contribution in [0.25, 0.3) is 0 Å². The number of ether oxygens (including phenoxy) is 3. The van der Waals surface area contributed by atoms with E-state index < -0.39 is 69.7 Å². The van der Waals surface area contributed by atoms with Crippen molar-refractivity contribution >= 4 is 17.8 Å². The minimum Gasteiger partial charge on any atom is -0.455 e. The van der Waals surface area contributed by atoms with Crippen LogP contribution in [0.3, 0.4) is 0 Å². The Balaban J connectivity index is 2.21. The van der Waals surface area contributed by atoms with Crippen LogP contribution in [0.4, 0.5) is 4.79 Å². The molecule has 9 heteroatoms. The van der Waals surface area contributed by atoms with E-state index in [1.807, 2.05) is 13.8 Å². The van der Waals surface area contributed by atoms with Crippen LogP contribution in [-0.4, -0.2) is 69.7 Å². The Labute approximate surface area is 226 Å². The second kappa shape index (κ2) is 9.59. The van der Waals surface area contributed by atoms with Crippen LogP contribution in [0.2, 0.25) is 0 Å². The van der Waals surface area contributed by atoms with Gasteiger partial charge in [-0.05, 0) is 43.9 Å². The summed E-state index contributed by atoms with van der Waals surface area (Å²) in [5.74, 6) is -1.97. The molecule has 1 heterocycles. The van der Waals surface area contributed by atoms with Gasteiger partial charge in [-0.3, -0.25) is 9.59 Å². The number of aliphatic hydroxyl groups is 2. The van der Waals surface area contributed by atoms with Crippen molar-refractivity contribution < 1.29 is 38.8 Å². The minimum absolute atomic E-state index is 0.0121. The third-order valence-electron chi connectivity index (χ3n) is 9.38. The van der Waals surface area contributed by atoms with Crippen molar-refractivity contribution in [3.8, 4) is 0 Å². The van der Waals surface area contributed by atoms with E-state index in [9.17, 15) is 24.6 Å². The molecule has 0 radical (unpaired) electrons. The average Bonchev–Trinajstić information content (AvgIpc) is 2.76. The molecule has 38 heavy (non-hydrogen) atoms. The molecule has 0 aromatic carbocycles. The van der Waals surface area contributed by atoms with E-state index in [0.29, 0.717) is 25.8 Å². The van der Waals surface area contributed by atoms with Crippen LogP contribution in [0, 0.1) is 22.2 Å². The van der Waals surface area contributed by atoms with Crippen LogP contribution in [0.15, 0.2) is 12.7 Å². The normalized spacial score (nSPS) is 42.3. The van der Waals surface area contributed by atoms with E-state index in [1.165, 1.54) is 19.9 Å². The summed E-state index contributed by atoms with van der Waals surface area (Å²) in [6.45, 7) is 20.3. The van der Waals surface area contributed by atoms with E-state index in [1.54, 1.807) is 13.8 Å². The Hall–Kier alpha value is -1.97. The molecule has 3 N–H and O–H groups in total. The lowest BCUT2D eigenvalue weighted by Crippen LogP contribution is -2.87. The summed E-state index contributed by atoms with van der Waals surface area (Å²) in [5.41, 5.74) is -7.43. The molecule has 2 saturated carbocycles.